The second-order valence-corrected chi connectivity index (χ2v) is 9.15. The van der Waals surface area contributed by atoms with E-state index in [-0.39, 0.29) is 5.56 Å². The molecule has 1 atom stereocenters. The minimum Gasteiger partial charge on any atom is -0.466 e. The summed E-state index contributed by atoms with van der Waals surface area (Å²) in [5, 5.41) is 4.13. The smallest absolute Gasteiger partial charge is 0.338 e. The fourth-order valence-corrected chi connectivity index (χ4v) is 5.79. The summed E-state index contributed by atoms with van der Waals surface area (Å²) in [6.45, 7) is 1.79. The molecule has 0 spiro atoms. The minimum atomic E-state index is -0.543. The Hall–Kier alpha value is -3.29. The van der Waals surface area contributed by atoms with Crippen molar-refractivity contribution in [2.24, 2.45) is 4.99 Å². The van der Waals surface area contributed by atoms with Crippen LogP contribution in [0.2, 0.25) is 0 Å². The fourth-order valence-electron chi connectivity index (χ4n) is 3.93. The van der Waals surface area contributed by atoms with Crippen LogP contribution < -0.4 is 14.9 Å². The molecule has 0 saturated heterocycles. The molecule has 0 amide bonds. The number of nitrogens with zero attached hydrogens (tertiary/aromatic N) is 2. The monoisotopic (exact) mass is 446 g/mol. The molecule has 2 aromatic carbocycles. The fraction of sp³-hybridized carbons (Fsp3) is 0.125. The number of esters is 1. The molecule has 1 aliphatic heterocycles. The zero-order valence-electron chi connectivity index (χ0n) is 16.9. The lowest BCUT2D eigenvalue weighted by atomic mass is 10.0. The van der Waals surface area contributed by atoms with E-state index in [9.17, 15) is 9.59 Å². The molecule has 5 nitrogen and oxygen atoms in total. The van der Waals surface area contributed by atoms with E-state index < -0.39 is 12.0 Å². The third kappa shape index (κ3) is 3.26. The van der Waals surface area contributed by atoms with Crippen molar-refractivity contribution in [3.63, 3.8) is 0 Å². The van der Waals surface area contributed by atoms with E-state index in [1.165, 1.54) is 29.8 Å². The van der Waals surface area contributed by atoms with Crippen molar-refractivity contribution in [1.82, 2.24) is 4.57 Å². The molecule has 154 valence electrons. The molecule has 5 rings (SSSR count). The zero-order valence-corrected chi connectivity index (χ0v) is 18.5. The molecular formula is C24H18N2O3S2. The lowest BCUT2D eigenvalue weighted by molar-refractivity contribution is -0.136. The number of carbonyl (C=O) groups excluding carboxylic acids is 1. The first kappa shape index (κ1) is 19.7. The van der Waals surface area contributed by atoms with Gasteiger partial charge in [0.2, 0.25) is 0 Å². The maximum Gasteiger partial charge on any atom is 0.338 e. The molecule has 0 fully saturated rings. The van der Waals surface area contributed by atoms with Gasteiger partial charge in [0, 0.05) is 4.88 Å². The maximum absolute atomic E-state index is 13.5. The van der Waals surface area contributed by atoms with Gasteiger partial charge in [-0.2, -0.15) is 0 Å². The summed E-state index contributed by atoms with van der Waals surface area (Å²) >= 11 is 2.84. The molecule has 3 heterocycles. The number of methoxy groups -OCH3 is 1. The van der Waals surface area contributed by atoms with Crippen LogP contribution in [0.5, 0.6) is 0 Å². The molecule has 1 aliphatic rings. The van der Waals surface area contributed by atoms with E-state index in [4.69, 9.17) is 4.74 Å². The number of benzene rings is 2. The molecule has 0 bridgehead atoms. The second-order valence-electron chi connectivity index (χ2n) is 7.16. The molecule has 2 aromatic heterocycles. The predicted octanol–water partition coefficient (Wildman–Crippen LogP) is 3.62. The van der Waals surface area contributed by atoms with Gasteiger partial charge >= 0.3 is 5.97 Å². The average Bonchev–Trinajstić information content (AvgIpc) is 3.41. The molecule has 0 aliphatic carbocycles. The van der Waals surface area contributed by atoms with Crippen molar-refractivity contribution in [1.29, 1.82) is 0 Å². The van der Waals surface area contributed by atoms with Gasteiger partial charge < -0.3 is 4.74 Å². The number of thiazole rings is 1. The SMILES string of the molecule is COC(=O)C1=C(C)N=c2s/c(=C/c3cccc4ccccc34)c(=O)n2C1c1cccs1. The zero-order chi connectivity index (χ0) is 21.5. The van der Waals surface area contributed by atoms with E-state index >= 15 is 0 Å². The third-order valence-electron chi connectivity index (χ3n) is 5.35. The summed E-state index contributed by atoms with van der Waals surface area (Å²) in [7, 11) is 1.35. The number of ether oxygens (including phenoxy) is 1. The Balaban J connectivity index is 1.77. The van der Waals surface area contributed by atoms with Crippen molar-refractivity contribution in [2.45, 2.75) is 13.0 Å². The van der Waals surface area contributed by atoms with Gasteiger partial charge in [0.25, 0.3) is 5.56 Å². The van der Waals surface area contributed by atoms with Gasteiger partial charge in [-0.15, -0.1) is 11.3 Å². The number of hydrogen-bond donors (Lipinski definition) is 0. The third-order valence-corrected chi connectivity index (χ3v) is 7.26. The number of fused-ring (bicyclic) bond motifs is 2. The van der Waals surface area contributed by atoms with Crippen LogP contribution in [0.4, 0.5) is 0 Å². The van der Waals surface area contributed by atoms with Crippen LogP contribution in [0.25, 0.3) is 16.8 Å². The van der Waals surface area contributed by atoms with E-state index in [0.717, 1.165) is 21.2 Å². The van der Waals surface area contributed by atoms with Gasteiger partial charge in [0.15, 0.2) is 4.80 Å². The van der Waals surface area contributed by atoms with Gasteiger partial charge in [0.1, 0.15) is 6.04 Å². The standard InChI is InChI=1S/C24H18N2O3S2/c1-14-20(23(28)29-2)21(18-11-6-12-30-18)26-22(27)19(31-24(26)25-14)13-16-9-5-8-15-7-3-4-10-17(15)16/h3-13,21H,1-2H3/b19-13+. The lowest BCUT2D eigenvalue weighted by Gasteiger charge is -2.22. The Labute approximate surface area is 185 Å². The Morgan fingerprint density at radius 2 is 1.94 bits per heavy atom. The molecule has 0 radical (unpaired) electrons. The summed E-state index contributed by atoms with van der Waals surface area (Å²) in [6.07, 6.45) is 1.91. The maximum atomic E-state index is 13.5. The Morgan fingerprint density at radius 3 is 2.71 bits per heavy atom. The summed E-state index contributed by atoms with van der Waals surface area (Å²) in [6, 6.07) is 17.4. The highest BCUT2D eigenvalue weighted by molar-refractivity contribution is 7.10. The van der Waals surface area contributed by atoms with Crippen LogP contribution in [0.1, 0.15) is 23.4 Å². The van der Waals surface area contributed by atoms with Crippen molar-refractivity contribution in [2.75, 3.05) is 7.11 Å². The number of aromatic nitrogens is 1. The van der Waals surface area contributed by atoms with Gasteiger partial charge in [-0.25, -0.2) is 9.79 Å². The molecule has 7 heteroatoms. The van der Waals surface area contributed by atoms with Crippen molar-refractivity contribution < 1.29 is 9.53 Å². The molecule has 31 heavy (non-hydrogen) atoms. The number of hydrogen-bond acceptors (Lipinski definition) is 6. The first-order valence-electron chi connectivity index (χ1n) is 9.70. The molecule has 4 aromatic rings. The second kappa shape index (κ2) is 7.76. The van der Waals surface area contributed by atoms with Crippen LogP contribution >= 0.6 is 22.7 Å². The van der Waals surface area contributed by atoms with Gasteiger partial charge in [-0.05, 0) is 40.8 Å². The molecule has 0 saturated carbocycles. The highest BCUT2D eigenvalue weighted by atomic mass is 32.1. The van der Waals surface area contributed by atoms with Crippen LogP contribution in [0.15, 0.2) is 81.0 Å². The molecule has 1 unspecified atom stereocenters. The summed E-state index contributed by atoms with van der Waals surface area (Å²) < 4.78 is 7.22. The largest absolute Gasteiger partial charge is 0.466 e. The Kier molecular flexibility index (Phi) is 4.92. The van der Waals surface area contributed by atoms with Crippen LogP contribution in [0.3, 0.4) is 0 Å². The molecular weight excluding hydrogens is 428 g/mol. The highest BCUT2D eigenvalue weighted by Gasteiger charge is 2.33. The van der Waals surface area contributed by atoms with Gasteiger partial charge in [0.05, 0.1) is 22.9 Å². The number of rotatable bonds is 3. The van der Waals surface area contributed by atoms with Crippen molar-refractivity contribution in [3.8, 4) is 0 Å². The highest BCUT2D eigenvalue weighted by Crippen LogP contribution is 2.33. The van der Waals surface area contributed by atoms with Crippen molar-refractivity contribution >= 4 is 45.5 Å². The number of carbonyl (C=O) groups is 1. The van der Waals surface area contributed by atoms with E-state index in [1.54, 1.807) is 11.5 Å². The van der Waals surface area contributed by atoms with Crippen molar-refractivity contribution in [3.05, 3.63) is 101 Å². The minimum absolute atomic E-state index is 0.163. The average molecular weight is 447 g/mol. The quantitative estimate of drug-likeness (QED) is 0.452. The van der Waals surface area contributed by atoms with Crippen LogP contribution in [-0.4, -0.2) is 17.6 Å². The predicted molar refractivity (Wildman–Crippen MR) is 124 cm³/mol. The first-order chi connectivity index (χ1) is 15.1. The molecule has 0 N–H and O–H groups in total. The lowest BCUT2D eigenvalue weighted by Crippen LogP contribution is -2.39. The van der Waals surface area contributed by atoms with E-state index in [2.05, 4.69) is 17.1 Å². The summed E-state index contributed by atoms with van der Waals surface area (Å²) in [5.41, 5.74) is 1.78. The van der Waals surface area contributed by atoms with Gasteiger partial charge in [-0.3, -0.25) is 9.36 Å². The Bertz CT molecular complexity index is 1520. The normalized spacial score (nSPS) is 16.3. The van der Waals surface area contributed by atoms with E-state index in [1.807, 2.05) is 53.9 Å². The topological polar surface area (TPSA) is 60.7 Å². The summed E-state index contributed by atoms with van der Waals surface area (Å²) in [4.78, 5) is 32.2. The number of allylic oxidation sites excluding steroid dienone is 1. The number of thiophene rings is 1. The van der Waals surface area contributed by atoms with Crippen LogP contribution in [-0.2, 0) is 9.53 Å². The van der Waals surface area contributed by atoms with E-state index in [0.29, 0.717) is 20.6 Å². The first-order valence-corrected chi connectivity index (χ1v) is 11.4. The summed E-state index contributed by atoms with van der Waals surface area (Å²) in [5.74, 6) is -0.469. The van der Waals surface area contributed by atoms with Gasteiger partial charge in [-0.1, -0.05) is 59.9 Å². The Morgan fingerprint density at radius 1 is 1.13 bits per heavy atom. The van der Waals surface area contributed by atoms with Crippen LogP contribution in [0, 0.1) is 0 Å².